The minimum Gasteiger partial charge on any atom is -0.367 e. The van der Waals surface area contributed by atoms with Gasteiger partial charge in [-0.05, 0) is 12.1 Å². The highest BCUT2D eigenvalue weighted by Gasteiger charge is 2.34. The summed E-state index contributed by atoms with van der Waals surface area (Å²) < 4.78 is 31.4. The first-order valence-electron chi connectivity index (χ1n) is 4.89. The first kappa shape index (κ1) is 13.1. The van der Waals surface area contributed by atoms with Gasteiger partial charge in [0.15, 0.2) is 5.69 Å². The molecular weight excluding hydrogens is 285 g/mol. The molecule has 2 aromatic rings. The quantitative estimate of drug-likeness (QED) is 0.896. The van der Waals surface area contributed by atoms with Crippen LogP contribution in [0.3, 0.4) is 0 Å². The fourth-order valence-corrected chi connectivity index (χ4v) is 2.06. The zero-order valence-corrected chi connectivity index (χ0v) is 10.7. The van der Waals surface area contributed by atoms with Crippen LogP contribution in [0.1, 0.15) is 12.6 Å². The van der Waals surface area contributed by atoms with Gasteiger partial charge in [-0.2, -0.15) is 8.78 Å². The van der Waals surface area contributed by atoms with Gasteiger partial charge < -0.3 is 10.3 Å². The summed E-state index contributed by atoms with van der Waals surface area (Å²) in [5.74, 6) is -3.39. The average Bonchev–Trinajstić information content (AvgIpc) is 2.60. The second-order valence-corrected chi connectivity index (χ2v) is 4.63. The highest BCUT2D eigenvalue weighted by atomic mass is 35.5. The molecule has 0 aliphatic carbocycles. The molecule has 0 saturated heterocycles. The Morgan fingerprint density at radius 2 is 2.00 bits per heavy atom. The van der Waals surface area contributed by atoms with Crippen LogP contribution >= 0.6 is 23.2 Å². The van der Waals surface area contributed by atoms with E-state index in [2.05, 4.69) is 9.68 Å². The van der Waals surface area contributed by atoms with E-state index in [9.17, 15) is 8.78 Å². The molecule has 0 fully saturated rings. The van der Waals surface area contributed by atoms with E-state index in [1.807, 2.05) is 0 Å². The van der Waals surface area contributed by atoms with Gasteiger partial charge >= 0.3 is 0 Å². The van der Waals surface area contributed by atoms with Crippen LogP contribution in [0.5, 0.6) is 0 Å². The molecule has 0 aliphatic heterocycles. The summed E-state index contributed by atoms with van der Waals surface area (Å²) >= 11 is 11.7. The van der Waals surface area contributed by atoms with Gasteiger partial charge in [-0.3, -0.25) is 0 Å². The van der Waals surface area contributed by atoms with Gasteiger partial charge in [0, 0.05) is 17.5 Å². The number of halogens is 4. The van der Waals surface area contributed by atoms with Crippen molar-refractivity contribution in [2.45, 2.75) is 12.8 Å². The smallest absolute Gasteiger partial charge is 0.291 e. The zero-order chi connectivity index (χ0) is 13.5. The van der Waals surface area contributed by atoms with Crippen LogP contribution in [-0.2, 0) is 5.92 Å². The summed E-state index contributed by atoms with van der Waals surface area (Å²) in [6, 6.07) is 4.44. The van der Waals surface area contributed by atoms with E-state index >= 15 is 0 Å². The van der Waals surface area contributed by atoms with Gasteiger partial charge in [-0.1, -0.05) is 34.4 Å². The van der Waals surface area contributed by atoms with Crippen molar-refractivity contribution in [3.05, 3.63) is 33.9 Å². The van der Waals surface area contributed by atoms with E-state index in [0.717, 1.165) is 0 Å². The molecule has 2 N–H and O–H groups in total. The van der Waals surface area contributed by atoms with E-state index in [0.29, 0.717) is 17.5 Å². The lowest BCUT2D eigenvalue weighted by Gasteiger charge is -2.10. The summed E-state index contributed by atoms with van der Waals surface area (Å²) in [6.07, 6.45) is 0. The number of rotatable bonds is 2. The SMILES string of the molecule is CC(F)(F)c1noc(N)c1-c1ccc(Cl)cc1Cl. The molecular formula is C11H8Cl2F2N2O. The molecule has 96 valence electrons. The lowest BCUT2D eigenvalue weighted by atomic mass is 10.0. The molecule has 0 amide bonds. The molecule has 7 heteroatoms. The van der Waals surface area contributed by atoms with Crippen molar-refractivity contribution in [3.63, 3.8) is 0 Å². The first-order valence-corrected chi connectivity index (χ1v) is 5.65. The highest BCUT2D eigenvalue weighted by molar-refractivity contribution is 6.36. The molecule has 1 aromatic heterocycles. The predicted molar refractivity (Wildman–Crippen MR) is 65.9 cm³/mol. The van der Waals surface area contributed by atoms with Crippen LogP contribution in [-0.4, -0.2) is 5.16 Å². The maximum absolute atomic E-state index is 13.4. The number of benzene rings is 1. The largest absolute Gasteiger partial charge is 0.367 e. The van der Waals surface area contributed by atoms with E-state index in [-0.39, 0.29) is 16.5 Å². The fraction of sp³-hybridized carbons (Fsp3) is 0.182. The Labute approximate surface area is 111 Å². The Balaban J connectivity index is 2.67. The predicted octanol–water partition coefficient (Wildman–Crippen LogP) is 4.34. The number of hydrogen-bond acceptors (Lipinski definition) is 3. The minimum atomic E-state index is -3.18. The molecule has 0 atom stereocenters. The van der Waals surface area contributed by atoms with E-state index < -0.39 is 11.6 Å². The van der Waals surface area contributed by atoms with Crippen LogP contribution < -0.4 is 5.73 Å². The van der Waals surface area contributed by atoms with Gasteiger partial charge in [-0.15, -0.1) is 0 Å². The molecule has 1 aromatic carbocycles. The summed E-state index contributed by atoms with van der Waals surface area (Å²) in [5.41, 5.74) is 5.26. The molecule has 18 heavy (non-hydrogen) atoms. The Morgan fingerprint density at radius 1 is 1.33 bits per heavy atom. The maximum atomic E-state index is 13.4. The van der Waals surface area contributed by atoms with Gasteiger partial charge in [0.05, 0.1) is 10.6 Å². The fourth-order valence-electron chi connectivity index (χ4n) is 1.55. The standard InChI is InChI=1S/C11H8Cl2F2N2O/c1-11(14,15)9-8(10(16)18-17-9)6-3-2-5(12)4-7(6)13/h2-4H,16H2,1H3. The van der Waals surface area contributed by atoms with Crippen molar-refractivity contribution in [1.82, 2.24) is 5.16 Å². The van der Waals surface area contributed by atoms with E-state index in [1.54, 1.807) is 0 Å². The molecule has 0 saturated carbocycles. The second-order valence-electron chi connectivity index (χ2n) is 3.78. The van der Waals surface area contributed by atoms with Gasteiger partial charge in [0.2, 0.25) is 5.88 Å². The summed E-state index contributed by atoms with van der Waals surface area (Å²) in [5, 5.41) is 3.87. The van der Waals surface area contributed by atoms with E-state index in [1.165, 1.54) is 18.2 Å². The van der Waals surface area contributed by atoms with Crippen LogP contribution in [0.15, 0.2) is 22.7 Å². The lowest BCUT2D eigenvalue weighted by Crippen LogP contribution is -2.09. The Kier molecular flexibility index (Phi) is 3.21. The van der Waals surface area contributed by atoms with Crippen LogP contribution in [0.2, 0.25) is 10.0 Å². The summed E-state index contributed by atoms with van der Waals surface area (Å²) in [6.45, 7) is 0.706. The van der Waals surface area contributed by atoms with Crippen molar-refractivity contribution in [2.75, 3.05) is 5.73 Å². The first-order chi connectivity index (χ1) is 8.30. The van der Waals surface area contributed by atoms with Crippen molar-refractivity contribution in [1.29, 1.82) is 0 Å². The molecule has 0 bridgehead atoms. The molecule has 1 heterocycles. The monoisotopic (exact) mass is 292 g/mol. The lowest BCUT2D eigenvalue weighted by molar-refractivity contribution is 0.0103. The number of nitrogens with zero attached hydrogens (tertiary/aromatic N) is 1. The van der Waals surface area contributed by atoms with Crippen LogP contribution in [0.25, 0.3) is 11.1 Å². The number of hydrogen-bond donors (Lipinski definition) is 1. The molecule has 0 aliphatic rings. The highest BCUT2D eigenvalue weighted by Crippen LogP contribution is 2.41. The van der Waals surface area contributed by atoms with Gasteiger partial charge in [-0.25, -0.2) is 0 Å². The third-order valence-electron chi connectivity index (χ3n) is 2.33. The molecule has 0 unspecified atom stereocenters. The Hall–Kier alpha value is -1.33. The summed E-state index contributed by atoms with van der Waals surface area (Å²) in [4.78, 5) is 0. The third-order valence-corrected chi connectivity index (χ3v) is 2.88. The van der Waals surface area contributed by atoms with Gasteiger partial charge in [0.25, 0.3) is 5.92 Å². The van der Waals surface area contributed by atoms with Crippen LogP contribution in [0.4, 0.5) is 14.7 Å². The molecule has 0 radical (unpaired) electrons. The average molecular weight is 293 g/mol. The van der Waals surface area contributed by atoms with Gasteiger partial charge in [0.1, 0.15) is 0 Å². The maximum Gasteiger partial charge on any atom is 0.291 e. The number of nitrogen functional groups attached to an aromatic ring is 1. The normalized spacial score (nSPS) is 11.8. The van der Waals surface area contributed by atoms with Crippen LogP contribution in [0, 0.1) is 0 Å². The summed E-state index contributed by atoms with van der Waals surface area (Å²) in [7, 11) is 0. The minimum absolute atomic E-state index is 0.0100. The number of aromatic nitrogens is 1. The van der Waals surface area contributed by atoms with Crippen molar-refractivity contribution >= 4 is 29.1 Å². The zero-order valence-electron chi connectivity index (χ0n) is 9.18. The second kappa shape index (κ2) is 4.40. The Bertz CT molecular complexity index is 593. The number of alkyl halides is 2. The van der Waals surface area contributed by atoms with E-state index in [4.69, 9.17) is 28.9 Å². The molecule has 2 rings (SSSR count). The molecule has 0 spiro atoms. The molecule has 3 nitrogen and oxygen atoms in total. The van der Waals surface area contributed by atoms with Crippen molar-refractivity contribution in [2.24, 2.45) is 0 Å². The van der Waals surface area contributed by atoms with Crippen molar-refractivity contribution in [3.8, 4) is 11.1 Å². The third kappa shape index (κ3) is 2.28. The van der Waals surface area contributed by atoms with Crippen molar-refractivity contribution < 1.29 is 13.3 Å². The number of nitrogens with two attached hydrogens (primary N) is 1. The Morgan fingerprint density at radius 3 is 2.56 bits per heavy atom. The number of anilines is 1. The topological polar surface area (TPSA) is 52.0 Å².